The first-order chi connectivity index (χ1) is 12.6. The minimum absolute atomic E-state index is 0.144. The van der Waals surface area contributed by atoms with Crippen molar-refractivity contribution in [3.8, 4) is 0 Å². The first-order valence-corrected chi connectivity index (χ1v) is 9.93. The third-order valence-corrected chi connectivity index (χ3v) is 5.14. The van der Waals surface area contributed by atoms with Gasteiger partial charge < -0.3 is 19.3 Å². The Labute approximate surface area is 156 Å². The SMILES string of the molecule is CCCCOC(=O)N1CCC(C(=O)C2CCN(C(=O)OCCCC)C2)C1. The van der Waals surface area contributed by atoms with Gasteiger partial charge in [-0.25, -0.2) is 9.59 Å². The lowest BCUT2D eigenvalue weighted by Gasteiger charge is -2.18. The molecule has 0 spiro atoms. The molecule has 7 nitrogen and oxygen atoms in total. The molecule has 0 bridgehead atoms. The molecule has 2 saturated heterocycles. The number of amides is 2. The van der Waals surface area contributed by atoms with Gasteiger partial charge in [-0.05, 0) is 25.7 Å². The molecule has 2 atom stereocenters. The Morgan fingerprint density at radius 2 is 1.23 bits per heavy atom. The van der Waals surface area contributed by atoms with Crippen LogP contribution in [0.3, 0.4) is 0 Å². The Morgan fingerprint density at radius 1 is 0.808 bits per heavy atom. The van der Waals surface area contributed by atoms with E-state index in [1.165, 1.54) is 0 Å². The summed E-state index contributed by atoms with van der Waals surface area (Å²) in [5, 5.41) is 0. The molecule has 0 aromatic heterocycles. The van der Waals surface area contributed by atoms with E-state index < -0.39 is 0 Å². The normalized spacial score (nSPS) is 22.5. The molecular weight excluding hydrogens is 336 g/mol. The largest absolute Gasteiger partial charge is 0.449 e. The zero-order valence-electron chi connectivity index (χ0n) is 16.1. The first-order valence-electron chi connectivity index (χ1n) is 9.93. The fourth-order valence-electron chi connectivity index (χ4n) is 3.44. The van der Waals surface area contributed by atoms with Crippen molar-refractivity contribution in [2.24, 2.45) is 11.8 Å². The number of likely N-dealkylation sites (tertiary alicyclic amines) is 2. The van der Waals surface area contributed by atoms with E-state index in [1.807, 2.05) is 13.8 Å². The maximum atomic E-state index is 12.7. The lowest BCUT2D eigenvalue weighted by atomic mass is 9.91. The molecule has 2 aliphatic rings. The number of Topliss-reactive ketones (excluding diaryl/α,β-unsaturated/α-hetero) is 1. The van der Waals surface area contributed by atoms with Gasteiger partial charge in [0.25, 0.3) is 0 Å². The molecule has 0 aromatic carbocycles. The third kappa shape index (κ3) is 5.61. The van der Waals surface area contributed by atoms with Gasteiger partial charge in [-0.1, -0.05) is 26.7 Å². The minimum atomic E-state index is -0.318. The highest BCUT2D eigenvalue weighted by Crippen LogP contribution is 2.26. The van der Waals surface area contributed by atoms with Gasteiger partial charge in [-0.15, -0.1) is 0 Å². The van der Waals surface area contributed by atoms with Gasteiger partial charge in [0.05, 0.1) is 13.2 Å². The second-order valence-corrected chi connectivity index (χ2v) is 7.20. The van der Waals surface area contributed by atoms with Crippen molar-refractivity contribution in [1.29, 1.82) is 0 Å². The second kappa shape index (κ2) is 10.4. The van der Waals surface area contributed by atoms with Gasteiger partial charge in [0.1, 0.15) is 5.78 Å². The van der Waals surface area contributed by atoms with Crippen molar-refractivity contribution in [2.45, 2.75) is 52.4 Å². The predicted molar refractivity (Wildman–Crippen MR) is 96.9 cm³/mol. The van der Waals surface area contributed by atoms with E-state index in [9.17, 15) is 14.4 Å². The average Bonchev–Trinajstić information content (AvgIpc) is 3.31. The minimum Gasteiger partial charge on any atom is -0.449 e. The Morgan fingerprint density at radius 3 is 1.62 bits per heavy atom. The van der Waals surface area contributed by atoms with Crippen LogP contribution in [0.1, 0.15) is 52.4 Å². The lowest BCUT2D eigenvalue weighted by Crippen LogP contribution is -2.34. The molecule has 0 N–H and O–H groups in total. The molecular formula is C19H32N2O5. The van der Waals surface area contributed by atoms with E-state index in [0.29, 0.717) is 52.2 Å². The molecule has 7 heteroatoms. The number of ketones is 1. The van der Waals surface area contributed by atoms with Gasteiger partial charge in [-0.2, -0.15) is 0 Å². The molecule has 2 amide bonds. The van der Waals surface area contributed by atoms with Crippen LogP contribution in [0.25, 0.3) is 0 Å². The highest BCUT2D eigenvalue weighted by Gasteiger charge is 2.39. The number of hydrogen-bond acceptors (Lipinski definition) is 5. The number of carbonyl (C=O) groups excluding carboxylic acids is 3. The monoisotopic (exact) mass is 368 g/mol. The Hall–Kier alpha value is -1.79. The van der Waals surface area contributed by atoms with Crippen LogP contribution >= 0.6 is 0 Å². The van der Waals surface area contributed by atoms with Crippen molar-refractivity contribution in [1.82, 2.24) is 9.80 Å². The molecule has 2 rings (SSSR count). The van der Waals surface area contributed by atoms with Gasteiger partial charge >= 0.3 is 12.2 Å². The van der Waals surface area contributed by atoms with E-state index in [1.54, 1.807) is 9.80 Å². The van der Waals surface area contributed by atoms with Crippen LogP contribution in [-0.4, -0.2) is 67.2 Å². The van der Waals surface area contributed by atoms with Gasteiger partial charge in [-0.3, -0.25) is 4.79 Å². The van der Waals surface area contributed by atoms with Crippen LogP contribution in [-0.2, 0) is 14.3 Å². The molecule has 0 radical (unpaired) electrons. The summed E-state index contributed by atoms with van der Waals surface area (Å²) in [5.41, 5.74) is 0. The van der Waals surface area contributed by atoms with E-state index >= 15 is 0 Å². The number of unbranched alkanes of at least 4 members (excludes halogenated alkanes) is 2. The molecule has 0 saturated carbocycles. The Bertz CT molecular complexity index is 454. The van der Waals surface area contributed by atoms with Crippen LogP contribution in [0.2, 0.25) is 0 Å². The number of hydrogen-bond donors (Lipinski definition) is 0. The van der Waals surface area contributed by atoms with E-state index in [-0.39, 0.29) is 29.8 Å². The van der Waals surface area contributed by atoms with Crippen molar-refractivity contribution in [3.05, 3.63) is 0 Å². The van der Waals surface area contributed by atoms with Crippen molar-refractivity contribution in [2.75, 3.05) is 39.4 Å². The summed E-state index contributed by atoms with van der Waals surface area (Å²) in [6.45, 7) is 6.95. The molecule has 2 fully saturated rings. The van der Waals surface area contributed by atoms with Crippen LogP contribution in [0, 0.1) is 11.8 Å². The molecule has 0 aliphatic carbocycles. The molecule has 148 valence electrons. The summed E-state index contributed by atoms with van der Waals surface area (Å²) in [4.78, 5) is 40.0. The van der Waals surface area contributed by atoms with Gasteiger partial charge in [0.2, 0.25) is 0 Å². The van der Waals surface area contributed by atoms with Gasteiger partial charge in [0.15, 0.2) is 0 Å². The maximum Gasteiger partial charge on any atom is 0.409 e. The smallest absolute Gasteiger partial charge is 0.409 e. The Balaban J connectivity index is 1.74. The van der Waals surface area contributed by atoms with E-state index in [4.69, 9.17) is 9.47 Å². The molecule has 2 unspecified atom stereocenters. The van der Waals surface area contributed by atoms with Crippen LogP contribution in [0.15, 0.2) is 0 Å². The zero-order valence-corrected chi connectivity index (χ0v) is 16.1. The fourth-order valence-corrected chi connectivity index (χ4v) is 3.44. The highest BCUT2D eigenvalue weighted by molar-refractivity contribution is 5.86. The number of nitrogens with zero attached hydrogens (tertiary/aromatic N) is 2. The van der Waals surface area contributed by atoms with Gasteiger partial charge in [0, 0.05) is 38.0 Å². The highest BCUT2D eigenvalue weighted by atomic mass is 16.6. The summed E-state index contributed by atoms with van der Waals surface area (Å²) in [6.07, 6.45) is 4.39. The van der Waals surface area contributed by atoms with E-state index in [0.717, 1.165) is 25.7 Å². The number of carbonyl (C=O) groups is 3. The zero-order chi connectivity index (χ0) is 18.9. The predicted octanol–water partition coefficient (Wildman–Crippen LogP) is 3.07. The molecule has 26 heavy (non-hydrogen) atoms. The first kappa shape index (κ1) is 20.5. The lowest BCUT2D eigenvalue weighted by molar-refractivity contribution is -0.125. The standard InChI is InChI=1S/C19H32N2O5/c1-3-5-11-25-18(23)20-9-7-15(13-20)17(22)16-8-10-21(14-16)19(24)26-12-6-4-2/h15-16H,3-14H2,1-2H3. The second-order valence-electron chi connectivity index (χ2n) is 7.20. The van der Waals surface area contributed by atoms with Crippen molar-refractivity contribution in [3.63, 3.8) is 0 Å². The fraction of sp³-hybridized carbons (Fsp3) is 0.842. The number of rotatable bonds is 8. The summed E-state index contributed by atoms with van der Waals surface area (Å²) in [7, 11) is 0. The summed E-state index contributed by atoms with van der Waals surface area (Å²) in [6, 6.07) is 0. The Kier molecular flexibility index (Phi) is 8.19. The molecule has 0 aromatic rings. The molecule has 2 aliphatic heterocycles. The van der Waals surface area contributed by atoms with Crippen LogP contribution in [0.5, 0.6) is 0 Å². The van der Waals surface area contributed by atoms with Crippen molar-refractivity contribution >= 4 is 18.0 Å². The average molecular weight is 368 g/mol. The topological polar surface area (TPSA) is 76.2 Å². The maximum absolute atomic E-state index is 12.7. The van der Waals surface area contributed by atoms with Crippen LogP contribution < -0.4 is 0 Å². The quantitative estimate of drug-likeness (QED) is 0.616. The third-order valence-electron chi connectivity index (χ3n) is 5.14. The number of ether oxygens (including phenoxy) is 2. The van der Waals surface area contributed by atoms with E-state index in [2.05, 4.69) is 0 Å². The summed E-state index contributed by atoms with van der Waals surface area (Å²) < 4.78 is 10.4. The summed E-state index contributed by atoms with van der Waals surface area (Å²) >= 11 is 0. The molecule has 2 heterocycles. The van der Waals surface area contributed by atoms with Crippen molar-refractivity contribution < 1.29 is 23.9 Å². The summed E-state index contributed by atoms with van der Waals surface area (Å²) in [5.74, 6) is -0.123. The van der Waals surface area contributed by atoms with Crippen LogP contribution in [0.4, 0.5) is 9.59 Å².